The Hall–Kier alpha value is -3.33. The summed E-state index contributed by atoms with van der Waals surface area (Å²) >= 11 is 0. The summed E-state index contributed by atoms with van der Waals surface area (Å²) in [5, 5.41) is 9.01. The zero-order valence-electron chi connectivity index (χ0n) is 14.8. The summed E-state index contributed by atoms with van der Waals surface area (Å²) in [4.78, 5) is 25.7. The van der Waals surface area contributed by atoms with E-state index in [0.717, 1.165) is 0 Å². The first-order valence-electron chi connectivity index (χ1n) is 8.09. The van der Waals surface area contributed by atoms with Crippen LogP contribution in [0.2, 0.25) is 0 Å². The highest BCUT2D eigenvalue weighted by molar-refractivity contribution is 6.22. The van der Waals surface area contributed by atoms with Crippen LogP contribution in [0.15, 0.2) is 42.5 Å². The fourth-order valence-electron chi connectivity index (χ4n) is 2.84. The number of carbonyl (C=O) groups excluding carboxylic acids is 2. The molecule has 0 spiro atoms. The summed E-state index contributed by atoms with van der Waals surface area (Å²) in [7, 11) is 1.49. The molecule has 1 fully saturated rings. The molecule has 2 aromatic carbocycles. The maximum atomic E-state index is 12.4. The molecule has 0 bridgehead atoms. The van der Waals surface area contributed by atoms with Crippen molar-refractivity contribution >= 4 is 17.5 Å². The Bertz CT molecular complexity index is 910. The average Bonchev–Trinajstić information content (AvgIpc) is 2.83. The van der Waals surface area contributed by atoms with Crippen LogP contribution in [0.1, 0.15) is 25.8 Å². The normalized spacial score (nSPS) is 15.7. The highest BCUT2D eigenvalue weighted by Crippen LogP contribution is 2.36. The Morgan fingerprint density at radius 2 is 1.73 bits per heavy atom. The van der Waals surface area contributed by atoms with Gasteiger partial charge in [-0.3, -0.25) is 14.5 Å². The van der Waals surface area contributed by atoms with Gasteiger partial charge in [-0.15, -0.1) is 0 Å². The van der Waals surface area contributed by atoms with Crippen molar-refractivity contribution in [1.29, 1.82) is 5.26 Å². The molecule has 0 aliphatic carbocycles. The predicted molar refractivity (Wildman–Crippen MR) is 95.1 cm³/mol. The highest BCUT2D eigenvalue weighted by atomic mass is 16.5. The maximum Gasteiger partial charge on any atom is 0.239 e. The molecule has 1 aliphatic rings. The minimum Gasteiger partial charge on any atom is -0.495 e. The first-order chi connectivity index (χ1) is 12.4. The molecule has 6 heteroatoms. The maximum absolute atomic E-state index is 12.4. The van der Waals surface area contributed by atoms with Crippen LogP contribution in [0.3, 0.4) is 0 Å². The smallest absolute Gasteiger partial charge is 0.239 e. The number of carbonyl (C=O) groups is 2. The molecule has 0 aromatic heterocycles. The molecule has 0 atom stereocenters. The van der Waals surface area contributed by atoms with Crippen molar-refractivity contribution in [1.82, 2.24) is 0 Å². The second kappa shape index (κ2) is 6.52. The van der Waals surface area contributed by atoms with Crippen LogP contribution in [0.5, 0.6) is 17.2 Å². The monoisotopic (exact) mass is 350 g/mol. The average molecular weight is 350 g/mol. The van der Waals surface area contributed by atoms with Crippen LogP contribution in [-0.4, -0.2) is 18.9 Å². The quantitative estimate of drug-likeness (QED) is 0.786. The molecule has 3 rings (SSSR count). The van der Waals surface area contributed by atoms with Gasteiger partial charge in [0.1, 0.15) is 23.3 Å². The lowest BCUT2D eigenvalue weighted by molar-refractivity contribution is -0.124. The van der Waals surface area contributed by atoms with Gasteiger partial charge in [0, 0.05) is 12.5 Å². The van der Waals surface area contributed by atoms with E-state index in [4.69, 9.17) is 14.7 Å². The number of nitrogens with zero attached hydrogens (tertiary/aromatic N) is 2. The van der Waals surface area contributed by atoms with Crippen LogP contribution >= 0.6 is 0 Å². The highest BCUT2D eigenvalue weighted by Gasteiger charge is 2.45. The Morgan fingerprint density at radius 3 is 2.27 bits per heavy atom. The molecule has 1 saturated heterocycles. The van der Waals surface area contributed by atoms with E-state index in [9.17, 15) is 9.59 Å². The lowest BCUT2D eigenvalue weighted by Gasteiger charge is -2.18. The molecular formula is C20H18N2O4. The van der Waals surface area contributed by atoms with Crippen molar-refractivity contribution in [3.63, 3.8) is 0 Å². The Kier molecular flexibility index (Phi) is 4.39. The standard InChI is InChI=1S/C20H18N2O4/c1-20(2)11-18(23)22(19(20)24)14-5-8-15(9-6-14)26-16-7-4-13(12-21)17(10-16)25-3/h4-10H,11H2,1-3H3. The molecule has 1 aliphatic heterocycles. The first-order valence-corrected chi connectivity index (χ1v) is 8.09. The number of nitriles is 1. The Morgan fingerprint density at radius 1 is 1.08 bits per heavy atom. The topological polar surface area (TPSA) is 79.6 Å². The van der Waals surface area contributed by atoms with Crippen molar-refractivity contribution in [2.75, 3.05) is 12.0 Å². The van der Waals surface area contributed by atoms with Gasteiger partial charge in [0.2, 0.25) is 11.8 Å². The molecule has 1 heterocycles. The van der Waals surface area contributed by atoms with E-state index in [1.165, 1.54) is 12.0 Å². The van der Waals surface area contributed by atoms with Crippen molar-refractivity contribution < 1.29 is 19.1 Å². The summed E-state index contributed by atoms with van der Waals surface area (Å²) in [5.74, 6) is 1.08. The third-order valence-electron chi connectivity index (χ3n) is 4.25. The molecule has 0 N–H and O–H groups in total. The summed E-state index contributed by atoms with van der Waals surface area (Å²) in [5.41, 5.74) is 0.268. The van der Waals surface area contributed by atoms with E-state index >= 15 is 0 Å². The molecular weight excluding hydrogens is 332 g/mol. The van der Waals surface area contributed by atoms with Gasteiger partial charge >= 0.3 is 0 Å². The fourth-order valence-corrected chi connectivity index (χ4v) is 2.84. The number of hydrogen-bond donors (Lipinski definition) is 0. The molecule has 132 valence electrons. The number of hydrogen-bond acceptors (Lipinski definition) is 5. The second-order valence-electron chi connectivity index (χ2n) is 6.66. The third-order valence-corrected chi connectivity index (χ3v) is 4.25. The van der Waals surface area contributed by atoms with E-state index in [0.29, 0.717) is 28.5 Å². The van der Waals surface area contributed by atoms with Gasteiger partial charge in [-0.2, -0.15) is 5.26 Å². The summed E-state index contributed by atoms with van der Waals surface area (Å²) in [6, 6.07) is 13.7. The van der Waals surface area contributed by atoms with Gasteiger partial charge in [0.25, 0.3) is 0 Å². The third kappa shape index (κ3) is 3.11. The van der Waals surface area contributed by atoms with Gasteiger partial charge in [-0.1, -0.05) is 13.8 Å². The van der Waals surface area contributed by atoms with Crippen LogP contribution in [0, 0.1) is 16.7 Å². The van der Waals surface area contributed by atoms with E-state index in [-0.39, 0.29) is 18.2 Å². The number of methoxy groups -OCH3 is 1. The molecule has 2 amide bonds. The van der Waals surface area contributed by atoms with Gasteiger partial charge in [-0.25, -0.2) is 0 Å². The largest absolute Gasteiger partial charge is 0.495 e. The summed E-state index contributed by atoms with van der Waals surface area (Å²) in [6.45, 7) is 3.53. The Balaban J connectivity index is 1.80. The number of rotatable bonds is 4. The number of amides is 2. The molecule has 0 radical (unpaired) electrons. The minimum absolute atomic E-state index is 0.201. The van der Waals surface area contributed by atoms with Gasteiger partial charge in [0.05, 0.1) is 23.8 Å². The zero-order chi connectivity index (χ0) is 18.9. The van der Waals surface area contributed by atoms with E-state index in [1.54, 1.807) is 56.3 Å². The van der Waals surface area contributed by atoms with E-state index in [1.807, 2.05) is 6.07 Å². The molecule has 2 aromatic rings. The molecule has 26 heavy (non-hydrogen) atoms. The lowest BCUT2D eigenvalue weighted by atomic mass is 9.92. The molecule has 0 saturated carbocycles. The van der Waals surface area contributed by atoms with E-state index in [2.05, 4.69) is 0 Å². The molecule has 6 nitrogen and oxygen atoms in total. The van der Waals surface area contributed by atoms with Crippen LogP contribution < -0.4 is 14.4 Å². The van der Waals surface area contributed by atoms with Gasteiger partial charge < -0.3 is 9.47 Å². The van der Waals surface area contributed by atoms with Crippen LogP contribution in [0.4, 0.5) is 5.69 Å². The SMILES string of the molecule is COc1cc(Oc2ccc(N3C(=O)CC(C)(C)C3=O)cc2)ccc1C#N. The van der Waals surface area contributed by atoms with Crippen LogP contribution in [0.25, 0.3) is 0 Å². The summed E-state index contributed by atoms with van der Waals surface area (Å²) < 4.78 is 10.9. The fraction of sp³-hybridized carbons (Fsp3) is 0.250. The zero-order valence-corrected chi connectivity index (χ0v) is 14.8. The Labute approximate surface area is 151 Å². The minimum atomic E-state index is -0.675. The predicted octanol–water partition coefficient (Wildman–Crippen LogP) is 3.65. The van der Waals surface area contributed by atoms with Crippen molar-refractivity contribution in [2.45, 2.75) is 20.3 Å². The number of ether oxygens (including phenoxy) is 2. The van der Waals surface area contributed by atoms with Crippen LogP contribution in [-0.2, 0) is 9.59 Å². The van der Waals surface area contributed by atoms with Crippen molar-refractivity contribution in [3.8, 4) is 23.3 Å². The lowest BCUT2D eigenvalue weighted by Crippen LogP contribution is -2.32. The van der Waals surface area contributed by atoms with Crippen molar-refractivity contribution in [3.05, 3.63) is 48.0 Å². The number of anilines is 1. The number of benzene rings is 2. The van der Waals surface area contributed by atoms with Crippen molar-refractivity contribution in [2.24, 2.45) is 5.41 Å². The number of imide groups is 1. The van der Waals surface area contributed by atoms with E-state index < -0.39 is 5.41 Å². The first kappa shape index (κ1) is 17.5. The van der Waals surface area contributed by atoms with Gasteiger partial charge in [0.15, 0.2) is 0 Å². The second-order valence-corrected chi connectivity index (χ2v) is 6.66. The van der Waals surface area contributed by atoms with Gasteiger partial charge in [-0.05, 0) is 36.4 Å². The summed E-state index contributed by atoms with van der Waals surface area (Å²) in [6.07, 6.45) is 0.203. The molecule has 0 unspecified atom stereocenters.